The summed E-state index contributed by atoms with van der Waals surface area (Å²) >= 11 is 0.998. The Bertz CT molecular complexity index is 1480. The Kier molecular flexibility index (Phi) is 11.6. The molecule has 0 aliphatic carbocycles. The molecule has 1 N–H and O–H groups in total. The van der Waals surface area contributed by atoms with Gasteiger partial charge in [0.25, 0.3) is 11.4 Å². The summed E-state index contributed by atoms with van der Waals surface area (Å²) in [6.45, 7) is 2.50. The van der Waals surface area contributed by atoms with Crippen LogP contribution in [0.2, 0.25) is 0 Å². The number of likely N-dealkylation sites (tertiary alicyclic amines) is 1. The molecule has 0 bridgehead atoms. The van der Waals surface area contributed by atoms with Crippen molar-refractivity contribution in [3.63, 3.8) is 0 Å². The second kappa shape index (κ2) is 14.9. The summed E-state index contributed by atoms with van der Waals surface area (Å²) in [4.78, 5) is 58.5. The molecule has 2 atom stereocenters. The van der Waals surface area contributed by atoms with Crippen molar-refractivity contribution in [3.8, 4) is 0 Å². The highest BCUT2D eigenvalue weighted by Crippen LogP contribution is 2.29. The SMILES string of the molecule is CC(=O)S[C@H]1C[C@@H](CS(=O)(=O)NCCC(=O)OCc2ccc([N+](=O)[O-])cc2C)N(C(=O)OCc2ccc([N+](=O)[O-])cc2)C1. The molecular formula is C26H30N4O11S2. The monoisotopic (exact) mass is 638 g/mol. The van der Waals surface area contributed by atoms with Crippen LogP contribution < -0.4 is 4.72 Å². The number of esters is 1. The van der Waals surface area contributed by atoms with Crippen molar-refractivity contribution in [2.45, 2.75) is 51.2 Å². The summed E-state index contributed by atoms with van der Waals surface area (Å²) < 4.78 is 38.4. The number of thioether (sulfide) groups is 1. The molecule has 1 heterocycles. The van der Waals surface area contributed by atoms with Crippen LogP contribution in [0.5, 0.6) is 0 Å². The van der Waals surface area contributed by atoms with Gasteiger partial charge in [-0.05, 0) is 48.2 Å². The molecule has 1 fully saturated rings. The summed E-state index contributed by atoms with van der Waals surface area (Å²) in [5, 5.41) is 21.2. The normalized spacial score (nSPS) is 16.5. The number of rotatable bonds is 13. The van der Waals surface area contributed by atoms with E-state index >= 15 is 0 Å². The van der Waals surface area contributed by atoms with Gasteiger partial charge in [0.1, 0.15) is 13.2 Å². The standard InChI is InChI=1S/C26H30N4O11S2/c1-17-11-22(30(36)37)8-5-20(17)15-40-25(32)9-10-27-43(38,39)16-23-12-24(42-18(2)31)13-28(23)26(33)41-14-19-3-6-21(7-4-19)29(34)35/h3-8,11,23-24,27H,9-10,12-16H2,1-2H3/t23-,24-/m0/s1. The second-order valence-corrected chi connectivity index (χ2v) is 13.0. The van der Waals surface area contributed by atoms with Crippen molar-refractivity contribution in [2.24, 2.45) is 0 Å². The average molecular weight is 639 g/mol. The lowest BCUT2D eigenvalue weighted by Crippen LogP contribution is -2.43. The quantitative estimate of drug-likeness (QED) is 0.191. The number of carbonyl (C=O) groups is 3. The summed E-state index contributed by atoms with van der Waals surface area (Å²) in [5.74, 6) is -1.18. The third-order valence-electron chi connectivity index (χ3n) is 6.44. The second-order valence-electron chi connectivity index (χ2n) is 9.71. The number of hydrogen-bond acceptors (Lipinski definition) is 12. The molecule has 0 saturated carbocycles. The van der Waals surface area contributed by atoms with E-state index in [4.69, 9.17) is 9.47 Å². The van der Waals surface area contributed by atoms with Crippen molar-refractivity contribution in [2.75, 3.05) is 18.8 Å². The maximum atomic E-state index is 12.9. The van der Waals surface area contributed by atoms with E-state index in [1.165, 1.54) is 54.3 Å². The Labute approximate surface area is 251 Å². The number of sulfonamides is 1. The van der Waals surface area contributed by atoms with Gasteiger partial charge in [-0.3, -0.25) is 29.8 Å². The first-order chi connectivity index (χ1) is 20.2. The Morgan fingerprint density at radius 3 is 2.28 bits per heavy atom. The van der Waals surface area contributed by atoms with Crippen molar-refractivity contribution >= 4 is 50.3 Å². The number of nitro groups is 2. The number of nitro benzene ring substituents is 2. The predicted molar refractivity (Wildman–Crippen MR) is 154 cm³/mol. The van der Waals surface area contributed by atoms with E-state index in [0.29, 0.717) is 16.7 Å². The van der Waals surface area contributed by atoms with Crippen LogP contribution >= 0.6 is 11.8 Å². The molecule has 43 heavy (non-hydrogen) atoms. The lowest BCUT2D eigenvalue weighted by atomic mass is 10.1. The van der Waals surface area contributed by atoms with Crippen molar-refractivity contribution in [1.82, 2.24) is 9.62 Å². The topological polar surface area (TPSA) is 205 Å². The third kappa shape index (κ3) is 10.3. The zero-order chi connectivity index (χ0) is 31.7. The van der Waals surface area contributed by atoms with Crippen LogP contribution in [0.4, 0.5) is 16.2 Å². The highest BCUT2D eigenvalue weighted by Gasteiger charge is 2.39. The maximum absolute atomic E-state index is 12.9. The number of nitrogens with zero attached hydrogens (tertiary/aromatic N) is 3. The predicted octanol–water partition coefficient (Wildman–Crippen LogP) is 3.22. The number of nitrogens with one attached hydrogen (secondary N) is 1. The number of benzene rings is 2. The fraction of sp³-hybridized carbons (Fsp3) is 0.423. The van der Waals surface area contributed by atoms with Crippen LogP contribution in [0.25, 0.3) is 0 Å². The fourth-order valence-corrected chi connectivity index (χ4v) is 6.70. The molecule has 2 aromatic carbocycles. The Morgan fingerprint density at radius 1 is 1.02 bits per heavy atom. The summed E-state index contributed by atoms with van der Waals surface area (Å²) in [5.41, 5.74) is 1.42. The van der Waals surface area contributed by atoms with E-state index in [1.807, 2.05) is 0 Å². The van der Waals surface area contributed by atoms with E-state index in [-0.39, 0.29) is 60.9 Å². The molecule has 1 saturated heterocycles. The first-order valence-electron chi connectivity index (χ1n) is 12.9. The fourth-order valence-electron chi connectivity index (χ4n) is 4.32. The molecule has 232 valence electrons. The van der Waals surface area contributed by atoms with Crippen LogP contribution in [0.1, 0.15) is 36.5 Å². The highest BCUT2D eigenvalue weighted by molar-refractivity contribution is 8.14. The molecule has 15 nitrogen and oxygen atoms in total. The number of non-ortho nitro benzene ring substituents is 2. The van der Waals surface area contributed by atoms with Crippen LogP contribution in [0.15, 0.2) is 42.5 Å². The van der Waals surface area contributed by atoms with Crippen molar-refractivity contribution in [1.29, 1.82) is 0 Å². The van der Waals surface area contributed by atoms with Crippen LogP contribution in [-0.4, -0.2) is 70.5 Å². The number of amides is 1. The average Bonchev–Trinajstić information content (AvgIpc) is 3.31. The minimum absolute atomic E-state index is 0.0813. The van der Waals surface area contributed by atoms with Gasteiger partial charge >= 0.3 is 12.1 Å². The molecule has 0 spiro atoms. The molecule has 2 aromatic rings. The Hall–Kier alpha value is -4.09. The van der Waals surface area contributed by atoms with Crippen LogP contribution in [0, 0.1) is 27.2 Å². The van der Waals surface area contributed by atoms with E-state index < -0.39 is 43.7 Å². The molecule has 1 amide bonds. The van der Waals surface area contributed by atoms with Crippen LogP contribution in [0.3, 0.4) is 0 Å². The Morgan fingerprint density at radius 2 is 1.67 bits per heavy atom. The number of carbonyl (C=O) groups excluding carboxylic acids is 3. The summed E-state index contributed by atoms with van der Waals surface area (Å²) in [6, 6.07) is 8.73. The van der Waals surface area contributed by atoms with Gasteiger partial charge in [0.2, 0.25) is 10.0 Å². The van der Waals surface area contributed by atoms with E-state index in [2.05, 4.69) is 4.72 Å². The zero-order valence-corrected chi connectivity index (χ0v) is 24.9. The van der Waals surface area contributed by atoms with Gasteiger partial charge in [-0.1, -0.05) is 11.8 Å². The first kappa shape index (κ1) is 33.4. The van der Waals surface area contributed by atoms with E-state index in [1.54, 1.807) is 6.92 Å². The number of ether oxygens (including phenoxy) is 2. The molecule has 0 unspecified atom stereocenters. The number of hydrogen-bond donors (Lipinski definition) is 1. The smallest absolute Gasteiger partial charge is 0.410 e. The van der Waals surface area contributed by atoms with Crippen molar-refractivity contribution < 1.29 is 42.1 Å². The minimum Gasteiger partial charge on any atom is -0.461 e. The Balaban J connectivity index is 1.52. The molecular weight excluding hydrogens is 608 g/mol. The molecule has 17 heteroatoms. The highest BCUT2D eigenvalue weighted by atomic mass is 32.2. The first-order valence-corrected chi connectivity index (χ1v) is 15.5. The minimum atomic E-state index is -3.97. The van der Waals surface area contributed by atoms with Gasteiger partial charge < -0.3 is 14.4 Å². The third-order valence-corrected chi connectivity index (χ3v) is 8.92. The largest absolute Gasteiger partial charge is 0.461 e. The zero-order valence-electron chi connectivity index (χ0n) is 23.3. The summed E-state index contributed by atoms with van der Waals surface area (Å²) in [6.07, 6.45) is -0.857. The van der Waals surface area contributed by atoms with Gasteiger partial charge in [0.15, 0.2) is 5.12 Å². The molecule has 1 aliphatic heterocycles. The van der Waals surface area contributed by atoms with E-state index in [9.17, 15) is 43.0 Å². The van der Waals surface area contributed by atoms with Gasteiger partial charge in [0, 0.05) is 49.5 Å². The molecule has 0 aromatic heterocycles. The van der Waals surface area contributed by atoms with Gasteiger partial charge in [-0.25, -0.2) is 17.9 Å². The van der Waals surface area contributed by atoms with Gasteiger partial charge in [0.05, 0.1) is 28.1 Å². The van der Waals surface area contributed by atoms with E-state index in [0.717, 1.165) is 11.8 Å². The molecule has 0 radical (unpaired) electrons. The number of aryl methyl sites for hydroxylation is 1. The van der Waals surface area contributed by atoms with Gasteiger partial charge in [-0.15, -0.1) is 0 Å². The summed E-state index contributed by atoms with van der Waals surface area (Å²) in [7, 11) is -3.97. The van der Waals surface area contributed by atoms with Gasteiger partial charge in [-0.2, -0.15) is 0 Å². The maximum Gasteiger partial charge on any atom is 0.410 e. The lowest BCUT2D eigenvalue weighted by Gasteiger charge is -2.24. The lowest BCUT2D eigenvalue weighted by molar-refractivity contribution is -0.385. The molecule has 3 rings (SSSR count). The van der Waals surface area contributed by atoms with Crippen molar-refractivity contribution in [3.05, 3.63) is 79.4 Å². The van der Waals surface area contributed by atoms with Crippen LogP contribution in [-0.2, 0) is 42.3 Å². The molecule has 1 aliphatic rings.